The van der Waals surface area contributed by atoms with Crippen molar-refractivity contribution in [2.24, 2.45) is 0 Å². The molecule has 0 aromatic carbocycles. The van der Waals surface area contributed by atoms with Crippen LogP contribution in [0.1, 0.15) is 0 Å². The number of hydrogen-bond acceptors (Lipinski definition) is 5. The molecule has 0 spiro atoms. The van der Waals surface area contributed by atoms with E-state index in [1.807, 2.05) is 0 Å². The molecule has 0 aliphatic carbocycles. The molecule has 108 valence electrons. The molecule has 0 unspecified atom stereocenters. The molecule has 0 aliphatic rings. The van der Waals surface area contributed by atoms with Gasteiger partial charge >= 0.3 is 6.03 Å². The first-order chi connectivity index (χ1) is 8.76. The average molecular weight is 264 g/mol. The van der Waals surface area contributed by atoms with Crippen molar-refractivity contribution in [1.29, 1.82) is 0 Å². The van der Waals surface area contributed by atoms with Crippen molar-refractivity contribution in [1.82, 2.24) is 10.2 Å². The van der Waals surface area contributed by atoms with Crippen molar-refractivity contribution in [2.45, 2.75) is 0 Å². The molecule has 2 amide bonds. The fraction of sp³-hybridized carbons (Fsp3) is 0.909. The van der Waals surface area contributed by atoms with Crippen molar-refractivity contribution >= 4 is 6.03 Å². The minimum Gasteiger partial charge on any atom is -0.383 e. The van der Waals surface area contributed by atoms with Gasteiger partial charge in [-0.2, -0.15) is 0 Å². The highest BCUT2D eigenvalue weighted by atomic mass is 16.5. The van der Waals surface area contributed by atoms with Crippen molar-refractivity contribution in [2.75, 3.05) is 67.6 Å². The standard InChI is InChI=1S/C11H24N2O5/c1-15-6-4-13(5-7-16-2)11(14)12-10-18-9-8-17-3/h4-10H2,1-3H3,(H,12,14). The van der Waals surface area contributed by atoms with E-state index in [0.29, 0.717) is 39.5 Å². The number of rotatable bonds is 11. The van der Waals surface area contributed by atoms with Crippen LogP contribution < -0.4 is 5.32 Å². The number of amides is 2. The predicted molar refractivity (Wildman–Crippen MR) is 66.6 cm³/mol. The monoisotopic (exact) mass is 264 g/mol. The maximum absolute atomic E-state index is 11.8. The fourth-order valence-corrected chi connectivity index (χ4v) is 1.16. The van der Waals surface area contributed by atoms with Gasteiger partial charge in [0.2, 0.25) is 0 Å². The van der Waals surface area contributed by atoms with Gasteiger partial charge in [0.25, 0.3) is 0 Å². The quantitative estimate of drug-likeness (QED) is 0.417. The highest BCUT2D eigenvalue weighted by Gasteiger charge is 2.11. The Morgan fingerprint density at radius 2 is 1.50 bits per heavy atom. The molecule has 0 radical (unpaired) electrons. The maximum Gasteiger partial charge on any atom is 0.319 e. The molecule has 7 heteroatoms. The molecule has 0 saturated heterocycles. The van der Waals surface area contributed by atoms with Crippen LogP contribution in [0.2, 0.25) is 0 Å². The van der Waals surface area contributed by atoms with Gasteiger partial charge < -0.3 is 29.2 Å². The summed E-state index contributed by atoms with van der Waals surface area (Å²) in [5.74, 6) is 0. The van der Waals surface area contributed by atoms with Crippen molar-refractivity contribution < 1.29 is 23.7 Å². The smallest absolute Gasteiger partial charge is 0.319 e. The summed E-state index contributed by atoms with van der Waals surface area (Å²) in [6.07, 6.45) is 0. The van der Waals surface area contributed by atoms with Gasteiger partial charge in [-0.15, -0.1) is 0 Å². The lowest BCUT2D eigenvalue weighted by Gasteiger charge is -2.22. The Kier molecular flexibility index (Phi) is 11.9. The number of hydrogen-bond donors (Lipinski definition) is 1. The molecule has 0 saturated carbocycles. The van der Waals surface area contributed by atoms with E-state index in [4.69, 9.17) is 18.9 Å². The third-order valence-corrected chi connectivity index (χ3v) is 2.18. The van der Waals surface area contributed by atoms with Crippen molar-refractivity contribution in [3.63, 3.8) is 0 Å². The van der Waals surface area contributed by atoms with Crippen LogP contribution in [0.3, 0.4) is 0 Å². The Morgan fingerprint density at radius 3 is 2.00 bits per heavy atom. The number of carbonyl (C=O) groups excluding carboxylic acids is 1. The first-order valence-corrected chi connectivity index (χ1v) is 5.83. The molecule has 1 N–H and O–H groups in total. The van der Waals surface area contributed by atoms with Crippen LogP contribution in [0.5, 0.6) is 0 Å². The van der Waals surface area contributed by atoms with E-state index >= 15 is 0 Å². The summed E-state index contributed by atoms with van der Waals surface area (Å²) in [5, 5.41) is 2.66. The Balaban J connectivity index is 3.80. The highest BCUT2D eigenvalue weighted by molar-refractivity contribution is 5.73. The van der Waals surface area contributed by atoms with E-state index in [1.54, 1.807) is 26.2 Å². The van der Waals surface area contributed by atoms with Crippen LogP contribution in [0, 0.1) is 0 Å². The zero-order valence-corrected chi connectivity index (χ0v) is 11.4. The topological polar surface area (TPSA) is 69.3 Å². The summed E-state index contributed by atoms with van der Waals surface area (Å²) in [6.45, 7) is 3.13. The molecular weight excluding hydrogens is 240 g/mol. The van der Waals surface area contributed by atoms with E-state index < -0.39 is 0 Å². The lowest BCUT2D eigenvalue weighted by molar-refractivity contribution is 0.0594. The number of nitrogens with one attached hydrogen (secondary N) is 1. The Bertz CT molecular complexity index is 196. The van der Waals surface area contributed by atoms with E-state index in [9.17, 15) is 4.79 Å². The van der Waals surface area contributed by atoms with Gasteiger partial charge in [0.05, 0.1) is 26.4 Å². The second-order valence-electron chi connectivity index (χ2n) is 3.50. The van der Waals surface area contributed by atoms with Crippen LogP contribution in [0.4, 0.5) is 4.79 Å². The molecule has 0 fully saturated rings. The summed E-state index contributed by atoms with van der Waals surface area (Å²) in [6, 6.07) is -0.193. The van der Waals surface area contributed by atoms with Gasteiger partial charge in [-0.1, -0.05) is 0 Å². The number of methoxy groups -OCH3 is 3. The Hall–Kier alpha value is -0.890. The van der Waals surface area contributed by atoms with Gasteiger partial charge in [-0.25, -0.2) is 4.79 Å². The van der Waals surface area contributed by atoms with Gasteiger partial charge in [0, 0.05) is 34.4 Å². The molecule has 0 atom stereocenters. The van der Waals surface area contributed by atoms with E-state index in [-0.39, 0.29) is 12.8 Å². The molecule has 0 heterocycles. The van der Waals surface area contributed by atoms with Crippen molar-refractivity contribution in [3.8, 4) is 0 Å². The molecule has 18 heavy (non-hydrogen) atoms. The minimum absolute atomic E-state index is 0.165. The second-order valence-corrected chi connectivity index (χ2v) is 3.50. The summed E-state index contributed by atoms with van der Waals surface area (Å²) in [7, 11) is 4.79. The van der Waals surface area contributed by atoms with Gasteiger partial charge in [0.15, 0.2) is 0 Å². The van der Waals surface area contributed by atoms with Crippen LogP contribution in [-0.4, -0.2) is 78.5 Å². The van der Waals surface area contributed by atoms with Crippen LogP contribution in [0.15, 0.2) is 0 Å². The first-order valence-electron chi connectivity index (χ1n) is 5.83. The molecule has 0 aliphatic heterocycles. The number of nitrogens with zero attached hydrogens (tertiary/aromatic N) is 1. The summed E-state index contributed by atoms with van der Waals surface area (Å²) in [4.78, 5) is 13.4. The first kappa shape index (κ1) is 17.1. The highest BCUT2D eigenvalue weighted by Crippen LogP contribution is 1.91. The van der Waals surface area contributed by atoms with Crippen LogP contribution >= 0.6 is 0 Å². The molecule has 0 aromatic heterocycles. The summed E-state index contributed by atoms with van der Waals surface area (Å²) in [5.41, 5.74) is 0. The third-order valence-electron chi connectivity index (χ3n) is 2.18. The second kappa shape index (κ2) is 12.6. The molecule has 0 bridgehead atoms. The van der Waals surface area contributed by atoms with Gasteiger partial charge in [-0.05, 0) is 0 Å². The third kappa shape index (κ3) is 9.17. The zero-order chi connectivity index (χ0) is 13.6. The SMILES string of the molecule is COCCOCNC(=O)N(CCOC)CCOC. The summed E-state index contributed by atoms with van der Waals surface area (Å²) >= 11 is 0. The number of ether oxygens (including phenoxy) is 4. The van der Waals surface area contributed by atoms with E-state index in [2.05, 4.69) is 5.32 Å². The molecule has 0 aromatic rings. The average Bonchev–Trinajstić information content (AvgIpc) is 2.38. The van der Waals surface area contributed by atoms with Gasteiger partial charge in [-0.3, -0.25) is 0 Å². The summed E-state index contributed by atoms with van der Waals surface area (Å²) < 4.78 is 19.9. The van der Waals surface area contributed by atoms with Crippen molar-refractivity contribution in [3.05, 3.63) is 0 Å². The molecule has 7 nitrogen and oxygen atoms in total. The molecular formula is C11H24N2O5. The number of carbonyl (C=O) groups is 1. The normalized spacial score (nSPS) is 10.4. The van der Waals surface area contributed by atoms with Crippen LogP contribution in [0.25, 0.3) is 0 Å². The van der Waals surface area contributed by atoms with Crippen LogP contribution in [-0.2, 0) is 18.9 Å². The Morgan fingerprint density at radius 1 is 0.944 bits per heavy atom. The Labute approximate surface area is 108 Å². The van der Waals surface area contributed by atoms with E-state index in [1.165, 1.54) is 0 Å². The zero-order valence-electron chi connectivity index (χ0n) is 11.4. The number of urea groups is 1. The fourth-order valence-electron chi connectivity index (χ4n) is 1.16. The minimum atomic E-state index is -0.193. The lowest BCUT2D eigenvalue weighted by atomic mass is 10.5. The van der Waals surface area contributed by atoms with Gasteiger partial charge in [0.1, 0.15) is 6.73 Å². The lowest BCUT2D eigenvalue weighted by Crippen LogP contribution is -2.44. The predicted octanol–water partition coefficient (Wildman–Crippen LogP) is -0.0887. The maximum atomic E-state index is 11.8. The molecule has 0 rings (SSSR count). The largest absolute Gasteiger partial charge is 0.383 e. The van der Waals surface area contributed by atoms with E-state index in [0.717, 1.165) is 0 Å².